The molecule has 0 unspecified atom stereocenters. The zero-order valence-electron chi connectivity index (χ0n) is 12.7. The molecule has 5 heteroatoms. The van der Waals surface area contributed by atoms with E-state index in [-0.39, 0.29) is 11.2 Å². The van der Waals surface area contributed by atoms with Gasteiger partial charge < -0.3 is 10.2 Å². The molecule has 2 nitrogen and oxygen atoms in total. The van der Waals surface area contributed by atoms with E-state index in [4.69, 9.17) is 0 Å². The largest absolute Gasteiger partial charge is 0.418 e. The number of hydrogen-bond donors (Lipinski definition) is 1. The summed E-state index contributed by atoms with van der Waals surface area (Å²) in [6.45, 7) is 6.27. The minimum absolute atomic E-state index is 0.226. The summed E-state index contributed by atoms with van der Waals surface area (Å²) >= 11 is 0. The summed E-state index contributed by atoms with van der Waals surface area (Å²) in [6.07, 6.45) is -3.59. The van der Waals surface area contributed by atoms with E-state index in [1.807, 2.05) is 20.8 Å². The Balaban J connectivity index is 3.32. The third kappa shape index (κ3) is 3.66. The highest BCUT2D eigenvalue weighted by atomic mass is 19.4. The molecule has 0 aliphatic carbocycles. The number of hydrogen-bond acceptors (Lipinski definition) is 2. The van der Waals surface area contributed by atoms with Crippen LogP contribution in [0.2, 0.25) is 0 Å². The molecule has 0 aliphatic rings. The van der Waals surface area contributed by atoms with E-state index < -0.39 is 11.7 Å². The van der Waals surface area contributed by atoms with Crippen molar-refractivity contribution in [1.29, 1.82) is 0 Å². The molecular weight excluding hydrogens is 265 g/mol. The first-order valence-electron chi connectivity index (χ1n) is 6.72. The minimum Gasteiger partial charge on any atom is -0.369 e. The SMILES string of the molecule is CCC(C)(C)N(C)c1ccc(CNC)cc1C(F)(F)F. The van der Waals surface area contributed by atoms with E-state index in [1.165, 1.54) is 6.07 Å². The molecule has 0 aromatic heterocycles. The van der Waals surface area contributed by atoms with Gasteiger partial charge in [-0.2, -0.15) is 13.2 Å². The zero-order valence-corrected chi connectivity index (χ0v) is 12.7. The normalized spacial score (nSPS) is 12.6. The third-order valence-electron chi connectivity index (χ3n) is 3.88. The van der Waals surface area contributed by atoms with Gasteiger partial charge in [0.2, 0.25) is 0 Å². The first kappa shape index (κ1) is 16.8. The van der Waals surface area contributed by atoms with Crippen LogP contribution in [0.15, 0.2) is 18.2 Å². The highest BCUT2D eigenvalue weighted by Crippen LogP contribution is 2.39. The quantitative estimate of drug-likeness (QED) is 0.879. The van der Waals surface area contributed by atoms with Gasteiger partial charge in [0.05, 0.1) is 5.56 Å². The lowest BCUT2D eigenvalue weighted by molar-refractivity contribution is -0.137. The Hall–Kier alpha value is -1.23. The van der Waals surface area contributed by atoms with Crippen LogP contribution in [-0.4, -0.2) is 19.6 Å². The fraction of sp³-hybridized carbons (Fsp3) is 0.600. The van der Waals surface area contributed by atoms with E-state index >= 15 is 0 Å². The summed E-state index contributed by atoms with van der Waals surface area (Å²) in [7, 11) is 3.43. The highest BCUT2D eigenvalue weighted by Gasteiger charge is 2.36. The van der Waals surface area contributed by atoms with E-state index in [1.54, 1.807) is 31.1 Å². The Bertz CT molecular complexity index is 453. The van der Waals surface area contributed by atoms with Gasteiger partial charge in [0, 0.05) is 24.8 Å². The molecule has 20 heavy (non-hydrogen) atoms. The van der Waals surface area contributed by atoms with E-state index in [2.05, 4.69) is 5.32 Å². The van der Waals surface area contributed by atoms with Crippen LogP contribution in [-0.2, 0) is 12.7 Å². The summed E-state index contributed by atoms with van der Waals surface area (Å²) in [4.78, 5) is 1.71. The molecule has 1 rings (SSSR count). The standard InChI is InChI=1S/C15H23F3N2/c1-6-14(2,3)20(5)13-8-7-11(10-19-4)9-12(13)15(16,17)18/h7-9,19H,6,10H2,1-5H3. The second-order valence-electron chi connectivity index (χ2n) is 5.60. The van der Waals surface area contributed by atoms with Crippen LogP contribution < -0.4 is 10.2 Å². The van der Waals surface area contributed by atoms with Crippen molar-refractivity contribution in [3.63, 3.8) is 0 Å². The highest BCUT2D eigenvalue weighted by molar-refractivity contribution is 5.57. The minimum atomic E-state index is -4.35. The summed E-state index contributed by atoms with van der Waals surface area (Å²) < 4.78 is 39.8. The van der Waals surface area contributed by atoms with Gasteiger partial charge in [-0.3, -0.25) is 0 Å². The monoisotopic (exact) mass is 288 g/mol. The van der Waals surface area contributed by atoms with Crippen LogP contribution in [0.25, 0.3) is 0 Å². The second-order valence-corrected chi connectivity index (χ2v) is 5.60. The van der Waals surface area contributed by atoms with Crippen molar-refractivity contribution in [2.24, 2.45) is 0 Å². The maximum atomic E-state index is 13.3. The molecular formula is C15H23F3N2. The summed E-state index contributed by atoms with van der Waals surface area (Å²) in [5.41, 5.74) is -0.0467. The molecule has 0 aliphatic heterocycles. The number of nitrogens with one attached hydrogen (secondary N) is 1. The molecule has 0 saturated carbocycles. The first-order valence-corrected chi connectivity index (χ1v) is 6.72. The molecule has 114 valence electrons. The number of rotatable bonds is 5. The lowest BCUT2D eigenvalue weighted by Gasteiger charge is -2.38. The van der Waals surface area contributed by atoms with Crippen LogP contribution >= 0.6 is 0 Å². The average Bonchev–Trinajstić information content (AvgIpc) is 2.37. The van der Waals surface area contributed by atoms with Gasteiger partial charge in [0.1, 0.15) is 0 Å². The average molecular weight is 288 g/mol. The molecule has 1 aromatic rings. The van der Waals surface area contributed by atoms with E-state index in [9.17, 15) is 13.2 Å². The molecule has 0 amide bonds. The summed E-state index contributed by atoms with van der Waals surface area (Å²) in [5, 5.41) is 2.87. The maximum absolute atomic E-state index is 13.3. The van der Waals surface area contributed by atoms with Crippen molar-refractivity contribution in [3.8, 4) is 0 Å². The zero-order chi connectivity index (χ0) is 15.6. The molecule has 0 saturated heterocycles. The van der Waals surface area contributed by atoms with Crippen molar-refractivity contribution in [2.75, 3.05) is 19.0 Å². The molecule has 0 atom stereocenters. The molecule has 1 N–H and O–H groups in total. The molecule has 0 spiro atoms. The second kappa shape index (κ2) is 6.04. The summed E-state index contributed by atoms with van der Waals surface area (Å²) in [5.74, 6) is 0. The van der Waals surface area contributed by atoms with E-state index in [0.717, 1.165) is 6.42 Å². The molecule has 0 bridgehead atoms. The summed E-state index contributed by atoms with van der Waals surface area (Å²) in [6, 6.07) is 4.53. The molecule has 0 radical (unpaired) electrons. The third-order valence-corrected chi connectivity index (χ3v) is 3.88. The number of nitrogens with zero attached hydrogens (tertiary/aromatic N) is 1. The Morgan fingerprint density at radius 1 is 1.20 bits per heavy atom. The van der Waals surface area contributed by atoms with Crippen molar-refractivity contribution in [2.45, 2.75) is 45.5 Å². The van der Waals surface area contributed by atoms with E-state index in [0.29, 0.717) is 12.1 Å². The van der Waals surface area contributed by atoms with Crippen LogP contribution in [0.3, 0.4) is 0 Å². The molecule has 0 heterocycles. The lowest BCUT2D eigenvalue weighted by Crippen LogP contribution is -2.41. The predicted molar refractivity (Wildman–Crippen MR) is 77.0 cm³/mol. The Labute approximate surface area is 119 Å². The van der Waals surface area contributed by atoms with Gasteiger partial charge in [0.25, 0.3) is 0 Å². The fourth-order valence-corrected chi connectivity index (χ4v) is 1.98. The van der Waals surface area contributed by atoms with Crippen molar-refractivity contribution >= 4 is 5.69 Å². The maximum Gasteiger partial charge on any atom is 0.418 e. The van der Waals surface area contributed by atoms with Gasteiger partial charge in [-0.1, -0.05) is 13.0 Å². The topological polar surface area (TPSA) is 15.3 Å². The van der Waals surface area contributed by atoms with Crippen LogP contribution in [0.5, 0.6) is 0 Å². The number of benzene rings is 1. The van der Waals surface area contributed by atoms with Crippen molar-refractivity contribution in [1.82, 2.24) is 5.32 Å². The van der Waals surface area contributed by atoms with Gasteiger partial charge in [-0.25, -0.2) is 0 Å². The van der Waals surface area contributed by atoms with Gasteiger partial charge in [-0.15, -0.1) is 0 Å². The number of alkyl halides is 3. The van der Waals surface area contributed by atoms with Crippen LogP contribution in [0.4, 0.5) is 18.9 Å². The Morgan fingerprint density at radius 2 is 1.80 bits per heavy atom. The van der Waals surface area contributed by atoms with Gasteiger partial charge in [-0.05, 0) is 45.0 Å². The lowest BCUT2D eigenvalue weighted by atomic mass is 9.97. The van der Waals surface area contributed by atoms with Crippen molar-refractivity contribution < 1.29 is 13.2 Å². The Morgan fingerprint density at radius 3 is 2.25 bits per heavy atom. The van der Waals surface area contributed by atoms with Crippen LogP contribution in [0, 0.1) is 0 Å². The first-order chi connectivity index (χ1) is 9.13. The van der Waals surface area contributed by atoms with Gasteiger partial charge in [0.15, 0.2) is 0 Å². The molecule has 0 fully saturated rings. The van der Waals surface area contributed by atoms with Crippen LogP contribution in [0.1, 0.15) is 38.3 Å². The van der Waals surface area contributed by atoms with Gasteiger partial charge >= 0.3 is 6.18 Å². The van der Waals surface area contributed by atoms with Crippen molar-refractivity contribution in [3.05, 3.63) is 29.3 Å². The number of anilines is 1. The Kier molecular flexibility index (Phi) is 5.08. The fourth-order valence-electron chi connectivity index (χ4n) is 1.98. The smallest absolute Gasteiger partial charge is 0.369 e. The predicted octanol–water partition coefficient (Wildman–Crippen LogP) is 4.05. The molecule has 1 aromatic carbocycles. The number of halogens is 3.